The summed E-state index contributed by atoms with van der Waals surface area (Å²) in [4.78, 5) is 4.91. The van der Waals surface area contributed by atoms with E-state index in [1.165, 1.54) is 50.8 Å². The highest BCUT2D eigenvalue weighted by molar-refractivity contribution is 5.54. The lowest BCUT2D eigenvalue weighted by atomic mass is 9.52. The first-order valence-corrected chi connectivity index (χ1v) is 8.63. The van der Waals surface area contributed by atoms with Gasteiger partial charge in [0.1, 0.15) is 0 Å². The van der Waals surface area contributed by atoms with Gasteiger partial charge in [0.15, 0.2) is 0 Å². The SMILES string of the molecule is CN(C)c1ccc2c(c1)[C@]13CCCC[C@@H]1[C@H](C2)N(C)CC3. The zero-order valence-corrected chi connectivity index (χ0v) is 13.7. The Bertz CT molecular complexity index is 550. The van der Waals surface area contributed by atoms with E-state index in [-0.39, 0.29) is 0 Å². The van der Waals surface area contributed by atoms with Gasteiger partial charge < -0.3 is 9.80 Å². The second-order valence-corrected chi connectivity index (χ2v) is 7.75. The highest BCUT2D eigenvalue weighted by Crippen LogP contribution is 2.55. The number of rotatable bonds is 1. The first-order chi connectivity index (χ1) is 10.1. The highest BCUT2D eigenvalue weighted by atomic mass is 15.2. The van der Waals surface area contributed by atoms with Crippen LogP contribution in [0.25, 0.3) is 0 Å². The van der Waals surface area contributed by atoms with Crippen LogP contribution in [0, 0.1) is 5.92 Å². The van der Waals surface area contributed by atoms with Crippen molar-refractivity contribution in [3.63, 3.8) is 0 Å². The van der Waals surface area contributed by atoms with Gasteiger partial charge in [-0.1, -0.05) is 18.9 Å². The van der Waals surface area contributed by atoms with Crippen molar-refractivity contribution < 1.29 is 0 Å². The van der Waals surface area contributed by atoms with Crippen LogP contribution in [0.15, 0.2) is 18.2 Å². The normalized spacial score (nSPS) is 35.0. The largest absolute Gasteiger partial charge is 0.378 e. The lowest BCUT2D eigenvalue weighted by molar-refractivity contribution is 0.00289. The summed E-state index contributed by atoms with van der Waals surface area (Å²) in [7, 11) is 6.68. The molecule has 0 amide bonds. The summed E-state index contributed by atoms with van der Waals surface area (Å²) >= 11 is 0. The zero-order valence-electron chi connectivity index (χ0n) is 13.7. The van der Waals surface area contributed by atoms with Gasteiger partial charge in [0, 0.05) is 31.2 Å². The summed E-state index contributed by atoms with van der Waals surface area (Å²) in [5.41, 5.74) is 5.22. The molecular weight excluding hydrogens is 256 g/mol. The van der Waals surface area contributed by atoms with Gasteiger partial charge in [0.2, 0.25) is 0 Å². The summed E-state index contributed by atoms with van der Waals surface area (Å²) in [6.45, 7) is 1.28. The lowest BCUT2D eigenvalue weighted by Gasteiger charge is -2.58. The Kier molecular flexibility index (Phi) is 3.08. The van der Waals surface area contributed by atoms with Crippen molar-refractivity contribution in [2.75, 3.05) is 32.6 Å². The van der Waals surface area contributed by atoms with Crippen molar-refractivity contribution in [2.45, 2.75) is 50.0 Å². The molecule has 0 spiro atoms. The van der Waals surface area contributed by atoms with Gasteiger partial charge in [-0.15, -0.1) is 0 Å². The second-order valence-electron chi connectivity index (χ2n) is 7.75. The van der Waals surface area contributed by atoms with Crippen molar-refractivity contribution in [3.05, 3.63) is 29.3 Å². The van der Waals surface area contributed by atoms with E-state index in [9.17, 15) is 0 Å². The molecule has 2 nitrogen and oxygen atoms in total. The molecular formula is C19H28N2. The molecule has 1 aromatic carbocycles. The topological polar surface area (TPSA) is 6.48 Å². The number of fused-ring (bicyclic) bond motifs is 1. The molecule has 0 N–H and O–H groups in total. The summed E-state index contributed by atoms with van der Waals surface area (Å²) in [5, 5.41) is 0. The molecule has 2 aliphatic carbocycles. The van der Waals surface area contributed by atoms with Crippen molar-refractivity contribution in [1.82, 2.24) is 4.90 Å². The first-order valence-electron chi connectivity index (χ1n) is 8.63. The fourth-order valence-electron chi connectivity index (χ4n) is 5.46. The van der Waals surface area contributed by atoms with Gasteiger partial charge in [-0.25, -0.2) is 0 Å². The van der Waals surface area contributed by atoms with Crippen LogP contribution < -0.4 is 4.90 Å². The maximum absolute atomic E-state index is 2.65. The molecule has 3 atom stereocenters. The Morgan fingerprint density at radius 1 is 1.19 bits per heavy atom. The van der Waals surface area contributed by atoms with Crippen LogP contribution in [0.4, 0.5) is 5.69 Å². The maximum atomic E-state index is 2.65. The molecule has 3 aliphatic rings. The van der Waals surface area contributed by atoms with Crippen molar-refractivity contribution in [2.24, 2.45) is 5.92 Å². The predicted molar refractivity (Wildman–Crippen MR) is 89.1 cm³/mol. The molecule has 0 radical (unpaired) electrons. The molecule has 1 saturated heterocycles. The Morgan fingerprint density at radius 2 is 2.05 bits per heavy atom. The van der Waals surface area contributed by atoms with E-state index in [1.807, 2.05) is 0 Å². The first kappa shape index (κ1) is 13.6. The van der Waals surface area contributed by atoms with Gasteiger partial charge in [0.05, 0.1) is 0 Å². The third kappa shape index (κ3) is 1.88. The Balaban J connectivity index is 1.87. The molecule has 4 rings (SSSR count). The molecule has 2 fully saturated rings. The van der Waals surface area contributed by atoms with Gasteiger partial charge >= 0.3 is 0 Å². The molecule has 1 aromatic rings. The minimum absolute atomic E-state index is 0.495. The van der Waals surface area contributed by atoms with E-state index in [0.717, 1.165) is 12.0 Å². The molecule has 21 heavy (non-hydrogen) atoms. The zero-order chi connectivity index (χ0) is 14.6. The van der Waals surface area contributed by atoms with E-state index in [2.05, 4.69) is 49.1 Å². The average molecular weight is 284 g/mol. The quantitative estimate of drug-likeness (QED) is 0.779. The molecule has 2 bridgehead atoms. The number of benzene rings is 1. The lowest BCUT2D eigenvalue weighted by Crippen LogP contribution is -2.59. The Hall–Kier alpha value is -1.02. The van der Waals surface area contributed by atoms with Crippen LogP contribution in [0.2, 0.25) is 0 Å². The van der Waals surface area contributed by atoms with Crippen LogP contribution >= 0.6 is 0 Å². The summed E-state index contributed by atoms with van der Waals surface area (Å²) in [5.74, 6) is 0.898. The van der Waals surface area contributed by atoms with Crippen LogP contribution in [0.3, 0.4) is 0 Å². The molecule has 2 heteroatoms. The van der Waals surface area contributed by atoms with E-state index in [4.69, 9.17) is 0 Å². The van der Waals surface area contributed by atoms with Crippen molar-refractivity contribution in [3.8, 4) is 0 Å². The van der Waals surface area contributed by atoms with Crippen LogP contribution in [-0.4, -0.2) is 38.6 Å². The molecule has 1 saturated carbocycles. The van der Waals surface area contributed by atoms with Crippen molar-refractivity contribution >= 4 is 5.69 Å². The summed E-state index contributed by atoms with van der Waals surface area (Å²) in [6, 6.07) is 8.05. The smallest absolute Gasteiger partial charge is 0.0364 e. The molecule has 0 unspecified atom stereocenters. The van der Waals surface area contributed by atoms with Crippen LogP contribution in [0.1, 0.15) is 43.2 Å². The van der Waals surface area contributed by atoms with Gasteiger partial charge in [0.25, 0.3) is 0 Å². The van der Waals surface area contributed by atoms with Gasteiger partial charge in [-0.2, -0.15) is 0 Å². The maximum Gasteiger partial charge on any atom is 0.0364 e. The average Bonchev–Trinajstić information content (AvgIpc) is 2.50. The number of hydrogen-bond acceptors (Lipinski definition) is 2. The number of hydrogen-bond donors (Lipinski definition) is 0. The Morgan fingerprint density at radius 3 is 2.86 bits per heavy atom. The standard InChI is InChI=1S/C19H28N2/c1-20(2)15-8-7-14-12-18-16-6-4-5-9-19(16,17(14)13-15)10-11-21(18)3/h7-8,13,16,18H,4-6,9-12H2,1-3H3/t16-,18+,19+/m1/s1. The number of likely N-dealkylation sites (tertiary alicyclic amines) is 1. The fraction of sp³-hybridized carbons (Fsp3) is 0.684. The second kappa shape index (κ2) is 4.74. The summed E-state index contributed by atoms with van der Waals surface area (Å²) in [6.07, 6.45) is 8.38. The number of nitrogens with zero attached hydrogens (tertiary/aromatic N) is 2. The highest BCUT2D eigenvalue weighted by Gasteiger charge is 2.52. The van der Waals surface area contributed by atoms with Crippen LogP contribution in [-0.2, 0) is 11.8 Å². The Labute approximate surface area is 129 Å². The van der Waals surface area contributed by atoms with E-state index >= 15 is 0 Å². The predicted octanol–water partition coefficient (Wildman–Crippen LogP) is 3.44. The minimum Gasteiger partial charge on any atom is -0.378 e. The third-order valence-corrected chi connectivity index (χ3v) is 6.61. The minimum atomic E-state index is 0.495. The van der Waals surface area contributed by atoms with E-state index < -0.39 is 0 Å². The molecule has 1 aliphatic heterocycles. The van der Waals surface area contributed by atoms with Gasteiger partial charge in [-0.3, -0.25) is 0 Å². The van der Waals surface area contributed by atoms with Crippen molar-refractivity contribution in [1.29, 1.82) is 0 Å². The number of piperidine rings is 1. The van der Waals surface area contributed by atoms with E-state index in [0.29, 0.717) is 5.41 Å². The van der Waals surface area contributed by atoms with Gasteiger partial charge in [-0.05, 0) is 68.5 Å². The number of likely N-dealkylation sites (N-methyl/N-ethyl adjacent to an activating group) is 1. The molecule has 114 valence electrons. The fourth-order valence-corrected chi connectivity index (χ4v) is 5.46. The third-order valence-electron chi connectivity index (χ3n) is 6.61. The molecule has 0 aromatic heterocycles. The monoisotopic (exact) mass is 284 g/mol. The van der Waals surface area contributed by atoms with E-state index in [1.54, 1.807) is 11.1 Å². The van der Waals surface area contributed by atoms with Crippen LogP contribution in [0.5, 0.6) is 0 Å². The molecule has 1 heterocycles. The summed E-state index contributed by atoms with van der Waals surface area (Å²) < 4.78 is 0. The number of anilines is 1.